The maximum absolute atomic E-state index is 9.54. The summed E-state index contributed by atoms with van der Waals surface area (Å²) in [7, 11) is 0. The Balaban J connectivity index is 1.88. The summed E-state index contributed by atoms with van der Waals surface area (Å²) in [5, 5.41) is 19.0. The van der Waals surface area contributed by atoms with Crippen LogP contribution in [-0.2, 0) is 6.61 Å². The molecule has 0 radical (unpaired) electrons. The van der Waals surface area contributed by atoms with E-state index in [-0.39, 0.29) is 12.4 Å². The summed E-state index contributed by atoms with van der Waals surface area (Å²) in [6, 6.07) is 14.6. The van der Waals surface area contributed by atoms with E-state index >= 15 is 0 Å². The lowest BCUT2D eigenvalue weighted by Crippen LogP contribution is -1.96. The normalized spacial score (nSPS) is 11.0. The van der Waals surface area contributed by atoms with Gasteiger partial charge in [-0.1, -0.05) is 24.3 Å². The van der Waals surface area contributed by atoms with Crippen molar-refractivity contribution >= 4 is 5.65 Å². The number of benzene rings is 2. The fourth-order valence-electron chi connectivity index (χ4n) is 2.78. The second-order valence-electron chi connectivity index (χ2n) is 5.51. The average Bonchev–Trinajstić information content (AvgIpc) is 3.05. The smallest absolute Gasteiger partial charge is 0.155 e. The van der Waals surface area contributed by atoms with Crippen LogP contribution in [0.4, 0.5) is 0 Å². The van der Waals surface area contributed by atoms with E-state index in [1.54, 1.807) is 24.5 Å². The van der Waals surface area contributed by atoms with Gasteiger partial charge in [-0.3, -0.25) is 9.38 Å². The van der Waals surface area contributed by atoms with Crippen molar-refractivity contribution in [3.05, 3.63) is 72.7 Å². The zero-order valence-electron chi connectivity index (χ0n) is 12.8. The number of aromatic nitrogens is 3. The Kier molecular flexibility index (Phi) is 3.48. The van der Waals surface area contributed by atoms with Crippen molar-refractivity contribution in [2.24, 2.45) is 0 Å². The highest BCUT2D eigenvalue weighted by Gasteiger charge is 2.10. The number of hydrogen-bond acceptors (Lipinski definition) is 4. The van der Waals surface area contributed by atoms with Gasteiger partial charge in [0, 0.05) is 17.3 Å². The highest BCUT2D eigenvalue weighted by atomic mass is 16.3. The molecule has 24 heavy (non-hydrogen) atoms. The van der Waals surface area contributed by atoms with Gasteiger partial charge < -0.3 is 10.2 Å². The minimum Gasteiger partial charge on any atom is -0.508 e. The molecule has 0 bridgehead atoms. The van der Waals surface area contributed by atoms with Crippen LogP contribution >= 0.6 is 0 Å². The molecular weight excluding hydrogens is 302 g/mol. The van der Waals surface area contributed by atoms with Crippen LogP contribution in [0, 0.1) is 0 Å². The Bertz CT molecular complexity index is 1010. The van der Waals surface area contributed by atoms with Crippen LogP contribution in [0.1, 0.15) is 5.56 Å². The van der Waals surface area contributed by atoms with E-state index in [1.807, 2.05) is 47.0 Å². The lowest BCUT2D eigenvalue weighted by molar-refractivity contribution is 0.282. The van der Waals surface area contributed by atoms with E-state index in [0.29, 0.717) is 0 Å². The molecule has 2 heterocycles. The Morgan fingerprint density at radius 3 is 2.50 bits per heavy atom. The monoisotopic (exact) mass is 317 g/mol. The molecule has 4 rings (SSSR count). The van der Waals surface area contributed by atoms with Crippen LogP contribution in [0.3, 0.4) is 0 Å². The molecule has 2 aromatic carbocycles. The first kappa shape index (κ1) is 14.4. The Labute approximate surface area is 138 Å². The predicted octanol–water partition coefficient (Wildman–Crippen LogP) is 3.26. The molecule has 2 N–H and O–H groups in total. The molecule has 0 atom stereocenters. The number of aromatic hydroxyl groups is 1. The van der Waals surface area contributed by atoms with Crippen LogP contribution in [-0.4, -0.2) is 24.6 Å². The van der Waals surface area contributed by atoms with Gasteiger partial charge in [0.05, 0.1) is 30.4 Å². The topological polar surface area (TPSA) is 70.7 Å². The number of phenolic OH excluding ortho intramolecular Hbond substituents is 1. The number of aliphatic hydroxyl groups excluding tert-OH is 1. The first-order chi connectivity index (χ1) is 11.8. The third-order valence-corrected chi connectivity index (χ3v) is 4.02. The molecule has 0 spiro atoms. The Morgan fingerprint density at radius 1 is 0.917 bits per heavy atom. The largest absolute Gasteiger partial charge is 0.508 e. The van der Waals surface area contributed by atoms with Crippen LogP contribution < -0.4 is 0 Å². The summed E-state index contributed by atoms with van der Waals surface area (Å²) in [5.74, 6) is 0.229. The summed E-state index contributed by atoms with van der Waals surface area (Å²) < 4.78 is 1.96. The van der Waals surface area contributed by atoms with Gasteiger partial charge in [-0.05, 0) is 29.8 Å². The van der Waals surface area contributed by atoms with Crippen molar-refractivity contribution in [1.29, 1.82) is 0 Å². The van der Waals surface area contributed by atoms with Crippen molar-refractivity contribution in [1.82, 2.24) is 14.4 Å². The first-order valence-electron chi connectivity index (χ1n) is 7.58. The molecule has 0 aliphatic heterocycles. The molecule has 4 aromatic rings. The number of rotatable bonds is 3. The van der Waals surface area contributed by atoms with Gasteiger partial charge in [-0.25, -0.2) is 4.98 Å². The van der Waals surface area contributed by atoms with Crippen molar-refractivity contribution < 1.29 is 10.2 Å². The summed E-state index contributed by atoms with van der Waals surface area (Å²) in [5.41, 5.74) is 5.10. The maximum atomic E-state index is 9.54. The molecule has 0 unspecified atom stereocenters. The molecule has 0 saturated heterocycles. The van der Waals surface area contributed by atoms with E-state index in [9.17, 15) is 10.2 Å². The number of imidazole rings is 1. The van der Waals surface area contributed by atoms with Crippen LogP contribution in [0.2, 0.25) is 0 Å². The van der Waals surface area contributed by atoms with Gasteiger partial charge in [0.25, 0.3) is 0 Å². The third-order valence-electron chi connectivity index (χ3n) is 4.02. The highest BCUT2D eigenvalue weighted by Crippen LogP contribution is 2.26. The number of phenols is 1. The summed E-state index contributed by atoms with van der Waals surface area (Å²) in [6.07, 6.45) is 5.41. The second kappa shape index (κ2) is 5.79. The van der Waals surface area contributed by atoms with E-state index in [2.05, 4.69) is 9.97 Å². The van der Waals surface area contributed by atoms with E-state index in [0.717, 1.165) is 33.7 Å². The number of hydrogen-bond donors (Lipinski definition) is 2. The zero-order valence-corrected chi connectivity index (χ0v) is 12.8. The highest BCUT2D eigenvalue weighted by molar-refractivity contribution is 5.68. The minimum absolute atomic E-state index is 0.0371. The molecular formula is C19H15N3O2. The lowest BCUT2D eigenvalue weighted by atomic mass is 10.1. The average molecular weight is 317 g/mol. The number of aliphatic hydroxyl groups is 1. The van der Waals surface area contributed by atoms with Crippen LogP contribution in [0.25, 0.3) is 28.2 Å². The van der Waals surface area contributed by atoms with Gasteiger partial charge in [-0.2, -0.15) is 0 Å². The maximum Gasteiger partial charge on any atom is 0.155 e. The van der Waals surface area contributed by atoms with E-state index in [4.69, 9.17) is 0 Å². The fraction of sp³-hybridized carbons (Fsp3) is 0.0526. The number of fused-ring (bicyclic) bond motifs is 1. The summed E-state index contributed by atoms with van der Waals surface area (Å²) >= 11 is 0. The molecule has 2 aromatic heterocycles. The SMILES string of the molecule is OCc1ccccc1-c1cn2c(-c3ccc(O)cc3)cnc2cn1. The van der Waals surface area contributed by atoms with Gasteiger partial charge in [0.2, 0.25) is 0 Å². The van der Waals surface area contributed by atoms with Gasteiger partial charge in [-0.15, -0.1) is 0 Å². The standard InChI is InChI=1S/C19H15N3O2/c23-12-14-3-1-2-4-16(14)17-11-22-18(9-21-19(22)10-20-17)13-5-7-15(24)8-6-13/h1-11,23-24H,12H2. The third kappa shape index (κ3) is 2.41. The Morgan fingerprint density at radius 2 is 1.71 bits per heavy atom. The van der Waals surface area contributed by atoms with Crippen molar-refractivity contribution in [3.63, 3.8) is 0 Å². The van der Waals surface area contributed by atoms with Crippen molar-refractivity contribution in [2.75, 3.05) is 0 Å². The number of nitrogens with zero attached hydrogens (tertiary/aromatic N) is 3. The van der Waals surface area contributed by atoms with Crippen molar-refractivity contribution in [2.45, 2.75) is 6.61 Å². The molecule has 0 aliphatic rings. The summed E-state index contributed by atoms with van der Waals surface area (Å²) in [4.78, 5) is 8.86. The minimum atomic E-state index is -0.0371. The lowest BCUT2D eigenvalue weighted by Gasteiger charge is -2.08. The molecule has 0 amide bonds. The van der Waals surface area contributed by atoms with Crippen molar-refractivity contribution in [3.8, 4) is 28.3 Å². The molecule has 118 valence electrons. The van der Waals surface area contributed by atoms with E-state index in [1.165, 1.54) is 0 Å². The second-order valence-corrected chi connectivity index (χ2v) is 5.51. The van der Waals surface area contributed by atoms with Gasteiger partial charge in [0.1, 0.15) is 5.75 Å². The quantitative estimate of drug-likeness (QED) is 0.608. The molecule has 0 aliphatic carbocycles. The predicted molar refractivity (Wildman–Crippen MR) is 91.4 cm³/mol. The molecule has 0 saturated carbocycles. The molecule has 5 heteroatoms. The van der Waals surface area contributed by atoms with Gasteiger partial charge in [0.15, 0.2) is 5.65 Å². The molecule has 0 fully saturated rings. The molecule has 5 nitrogen and oxygen atoms in total. The van der Waals surface area contributed by atoms with Crippen LogP contribution in [0.5, 0.6) is 5.75 Å². The fourth-order valence-corrected chi connectivity index (χ4v) is 2.78. The first-order valence-corrected chi connectivity index (χ1v) is 7.58. The zero-order chi connectivity index (χ0) is 16.5. The van der Waals surface area contributed by atoms with E-state index < -0.39 is 0 Å². The summed E-state index contributed by atoms with van der Waals surface area (Å²) in [6.45, 7) is -0.0371. The Hall–Kier alpha value is -3.18. The van der Waals surface area contributed by atoms with Crippen LogP contribution in [0.15, 0.2) is 67.1 Å². The van der Waals surface area contributed by atoms with Gasteiger partial charge >= 0.3 is 0 Å².